The maximum atomic E-state index is 11.4. The number of carbonyl (C=O) groups excluding carboxylic acids is 1. The maximum absolute atomic E-state index is 11.4. The number of halogens is 2. The molecular formula is C18H17Cl2N3OS. The molecule has 4 nitrogen and oxygen atoms in total. The number of nitrogens with zero attached hydrogens (tertiary/aromatic N) is 1. The Morgan fingerprint density at radius 2 is 1.92 bits per heavy atom. The molecule has 0 fully saturated rings. The Morgan fingerprint density at radius 1 is 1.20 bits per heavy atom. The number of rotatable bonds is 6. The molecule has 0 radical (unpaired) electrons. The van der Waals surface area contributed by atoms with Crippen LogP contribution < -0.4 is 11.1 Å². The number of anilines is 1. The predicted octanol–water partition coefficient (Wildman–Crippen LogP) is 4.92. The summed E-state index contributed by atoms with van der Waals surface area (Å²) >= 11 is 13.7. The molecule has 0 atom stereocenters. The fourth-order valence-electron chi connectivity index (χ4n) is 2.63. The number of primary amides is 1. The van der Waals surface area contributed by atoms with Crippen LogP contribution in [-0.4, -0.2) is 17.4 Å². The minimum atomic E-state index is -0.362. The second-order valence-corrected chi connectivity index (χ2v) is 7.66. The highest BCUT2D eigenvalue weighted by Crippen LogP contribution is 2.28. The van der Waals surface area contributed by atoms with Crippen molar-refractivity contribution in [1.29, 1.82) is 0 Å². The van der Waals surface area contributed by atoms with E-state index >= 15 is 0 Å². The van der Waals surface area contributed by atoms with Crippen molar-refractivity contribution in [3.8, 4) is 0 Å². The molecule has 3 rings (SSSR count). The SMILES string of the molecule is CCc1sc(CCNc2cc3cc(Cl)c(Cl)cc3cn2)cc1C(N)=O. The fourth-order valence-corrected chi connectivity index (χ4v) is 4.08. The number of hydrogen-bond acceptors (Lipinski definition) is 4. The molecule has 0 bridgehead atoms. The summed E-state index contributed by atoms with van der Waals surface area (Å²) in [6.45, 7) is 2.73. The predicted molar refractivity (Wildman–Crippen MR) is 106 cm³/mol. The van der Waals surface area contributed by atoms with E-state index in [1.807, 2.05) is 25.1 Å². The lowest BCUT2D eigenvalue weighted by molar-refractivity contribution is 0.1000. The van der Waals surface area contributed by atoms with Gasteiger partial charge in [0.1, 0.15) is 5.82 Å². The number of hydrogen-bond donors (Lipinski definition) is 2. The van der Waals surface area contributed by atoms with E-state index in [0.29, 0.717) is 22.2 Å². The van der Waals surface area contributed by atoms with Crippen LogP contribution in [0.2, 0.25) is 10.0 Å². The van der Waals surface area contributed by atoms with Gasteiger partial charge in [-0.2, -0.15) is 0 Å². The second-order valence-electron chi connectivity index (χ2n) is 5.63. The molecule has 2 aromatic heterocycles. The van der Waals surface area contributed by atoms with Crippen LogP contribution in [0.1, 0.15) is 27.0 Å². The van der Waals surface area contributed by atoms with E-state index in [4.69, 9.17) is 28.9 Å². The fraction of sp³-hybridized carbons (Fsp3) is 0.222. The van der Waals surface area contributed by atoms with Crippen molar-refractivity contribution in [3.05, 3.63) is 55.8 Å². The summed E-state index contributed by atoms with van der Waals surface area (Å²) in [6.07, 6.45) is 3.38. The summed E-state index contributed by atoms with van der Waals surface area (Å²) < 4.78 is 0. The van der Waals surface area contributed by atoms with Crippen LogP contribution in [0, 0.1) is 0 Å². The first kappa shape index (κ1) is 18.0. The van der Waals surface area contributed by atoms with Crippen molar-refractivity contribution < 1.29 is 4.79 Å². The first-order valence-corrected chi connectivity index (χ1v) is 9.45. The van der Waals surface area contributed by atoms with E-state index in [1.165, 1.54) is 0 Å². The largest absolute Gasteiger partial charge is 0.370 e. The molecule has 7 heteroatoms. The highest BCUT2D eigenvalue weighted by atomic mass is 35.5. The first-order chi connectivity index (χ1) is 12.0. The van der Waals surface area contributed by atoms with Gasteiger partial charge in [0.05, 0.1) is 15.6 Å². The van der Waals surface area contributed by atoms with Crippen molar-refractivity contribution in [2.45, 2.75) is 19.8 Å². The number of thiophene rings is 1. The zero-order valence-corrected chi connectivity index (χ0v) is 15.9. The van der Waals surface area contributed by atoms with Gasteiger partial charge < -0.3 is 11.1 Å². The summed E-state index contributed by atoms with van der Waals surface area (Å²) in [5.74, 6) is 0.410. The molecule has 1 amide bonds. The number of aryl methyl sites for hydroxylation is 1. The van der Waals surface area contributed by atoms with Gasteiger partial charge in [0, 0.05) is 27.9 Å². The van der Waals surface area contributed by atoms with Crippen molar-refractivity contribution >= 4 is 57.0 Å². The zero-order valence-electron chi connectivity index (χ0n) is 13.6. The van der Waals surface area contributed by atoms with E-state index in [1.54, 1.807) is 23.6 Å². The zero-order chi connectivity index (χ0) is 18.0. The molecule has 3 aromatic rings. The number of fused-ring (bicyclic) bond motifs is 1. The lowest BCUT2D eigenvalue weighted by atomic mass is 10.2. The molecule has 3 N–H and O–H groups in total. The maximum Gasteiger partial charge on any atom is 0.249 e. The van der Waals surface area contributed by atoms with Crippen molar-refractivity contribution in [3.63, 3.8) is 0 Å². The van der Waals surface area contributed by atoms with E-state index in [-0.39, 0.29) is 5.91 Å². The van der Waals surface area contributed by atoms with Gasteiger partial charge in [-0.25, -0.2) is 4.98 Å². The van der Waals surface area contributed by atoms with E-state index < -0.39 is 0 Å². The summed E-state index contributed by atoms with van der Waals surface area (Å²) in [5, 5.41) is 6.26. The smallest absolute Gasteiger partial charge is 0.249 e. The molecule has 0 saturated carbocycles. The minimum absolute atomic E-state index is 0.362. The average molecular weight is 394 g/mol. The summed E-state index contributed by atoms with van der Waals surface area (Å²) in [6, 6.07) is 7.47. The Hall–Kier alpha value is -1.82. The molecule has 0 aliphatic carbocycles. The monoisotopic (exact) mass is 393 g/mol. The summed E-state index contributed by atoms with van der Waals surface area (Å²) in [7, 11) is 0. The van der Waals surface area contributed by atoms with Gasteiger partial charge in [0.2, 0.25) is 5.91 Å². The number of pyridine rings is 1. The van der Waals surface area contributed by atoms with Gasteiger partial charge in [-0.3, -0.25) is 4.79 Å². The number of amides is 1. The van der Waals surface area contributed by atoms with Crippen molar-refractivity contribution in [2.75, 3.05) is 11.9 Å². The molecule has 130 valence electrons. The van der Waals surface area contributed by atoms with Crippen LogP contribution in [-0.2, 0) is 12.8 Å². The van der Waals surface area contributed by atoms with Crippen LogP contribution in [0.4, 0.5) is 5.82 Å². The van der Waals surface area contributed by atoms with Gasteiger partial charge in [-0.1, -0.05) is 30.1 Å². The third-order valence-electron chi connectivity index (χ3n) is 3.88. The van der Waals surface area contributed by atoms with Gasteiger partial charge in [0.25, 0.3) is 0 Å². The Morgan fingerprint density at radius 3 is 2.56 bits per heavy atom. The minimum Gasteiger partial charge on any atom is -0.370 e. The number of benzene rings is 1. The van der Waals surface area contributed by atoms with Crippen LogP contribution in [0.15, 0.2) is 30.5 Å². The molecular weight excluding hydrogens is 377 g/mol. The van der Waals surface area contributed by atoms with Crippen molar-refractivity contribution in [2.24, 2.45) is 5.73 Å². The Labute approximate surface area is 160 Å². The van der Waals surface area contributed by atoms with Gasteiger partial charge in [0.15, 0.2) is 0 Å². The molecule has 2 heterocycles. The molecule has 0 spiro atoms. The average Bonchev–Trinajstić information content (AvgIpc) is 3.00. The Balaban J connectivity index is 1.69. The molecule has 1 aromatic carbocycles. The second kappa shape index (κ2) is 7.60. The molecule has 0 unspecified atom stereocenters. The van der Waals surface area contributed by atoms with E-state index in [2.05, 4.69) is 10.3 Å². The third-order valence-corrected chi connectivity index (χ3v) is 5.95. The Bertz CT molecular complexity index is 939. The van der Waals surface area contributed by atoms with Crippen LogP contribution in [0.5, 0.6) is 0 Å². The first-order valence-electron chi connectivity index (χ1n) is 7.88. The Kier molecular flexibility index (Phi) is 5.47. The van der Waals surface area contributed by atoms with Gasteiger partial charge >= 0.3 is 0 Å². The summed E-state index contributed by atoms with van der Waals surface area (Å²) in [5.41, 5.74) is 6.06. The summed E-state index contributed by atoms with van der Waals surface area (Å²) in [4.78, 5) is 18.0. The van der Waals surface area contributed by atoms with Crippen molar-refractivity contribution in [1.82, 2.24) is 4.98 Å². The molecule has 0 saturated heterocycles. The quantitative estimate of drug-likeness (QED) is 0.624. The van der Waals surface area contributed by atoms with Crippen LogP contribution in [0.3, 0.4) is 0 Å². The van der Waals surface area contributed by atoms with Gasteiger partial charge in [-0.15, -0.1) is 11.3 Å². The topological polar surface area (TPSA) is 68.0 Å². The molecule has 0 aliphatic rings. The highest BCUT2D eigenvalue weighted by Gasteiger charge is 2.12. The normalized spacial score (nSPS) is 11.0. The number of nitrogens with one attached hydrogen (secondary N) is 1. The van der Waals surface area contributed by atoms with Gasteiger partial charge in [-0.05, 0) is 42.5 Å². The molecule has 0 aliphatic heterocycles. The third kappa shape index (κ3) is 4.06. The van der Waals surface area contributed by atoms with Crippen LogP contribution >= 0.6 is 34.5 Å². The number of carbonyl (C=O) groups is 1. The number of nitrogens with two attached hydrogens (primary N) is 1. The standard InChI is InChI=1S/C18H17Cl2N3OS/c1-2-16-13(18(21)24)8-12(25-16)3-4-22-17-7-10-5-14(19)15(20)6-11(10)9-23-17/h5-9H,2-4H2,1H3,(H2,21,24)(H,22,23). The highest BCUT2D eigenvalue weighted by molar-refractivity contribution is 7.12. The lowest BCUT2D eigenvalue weighted by Gasteiger charge is -2.07. The number of aromatic nitrogens is 1. The molecule has 25 heavy (non-hydrogen) atoms. The van der Waals surface area contributed by atoms with E-state index in [9.17, 15) is 4.79 Å². The lowest BCUT2D eigenvalue weighted by Crippen LogP contribution is -2.11. The van der Waals surface area contributed by atoms with Crippen LogP contribution in [0.25, 0.3) is 10.8 Å². The van der Waals surface area contributed by atoms with E-state index in [0.717, 1.165) is 39.2 Å².